The molecule has 0 atom stereocenters. The third-order valence-corrected chi connectivity index (χ3v) is 6.28. The van der Waals surface area contributed by atoms with Gasteiger partial charge in [-0.05, 0) is 56.2 Å². The molecular weight excluding hydrogens is 432 g/mol. The fourth-order valence-corrected chi connectivity index (χ4v) is 4.58. The lowest BCUT2D eigenvalue weighted by Crippen LogP contribution is -2.20. The molecule has 6 heteroatoms. The molecule has 1 amide bonds. The van der Waals surface area contributed by atoms with Gasteiger partial charge in [-0.3, -0.25) is 4.79 Å². The largest absolute Gasteiger partial charge is 0.309 e. The number of rotatable bonds is 4. The smallest absolute Gasteiger partial charge is 0.230 e. The Labute approximate surface area is 197 Å². The molecule has 3 aliphatic rings. The van der Waals surface area contributed by atoms with E-state index in [1.807, 2.05) is 24.3 Å². The van der Waals surface area contributed by atoms with Gasteiger partial charge in [0.1, 0.15) is 5.69 Å². The molecule has 0 bridgehead atoms. The van der Waals surface area contributed by atoms with Gasteiger partial charge in [0.2, 0.25) is 5.91 Å². The normalized spacial score (nSPS) is 16.9. The molecule has 0 unspecified atom stereocenters. The number of benzene rings is 1. The molecule has 5 rings (SSSR count). The molecule has 0 spiro atoms. The minimum atomic E-state index is -0.971. The fraction of sp³-hybridized carbons (Fsp3) is 0.250. The quantitative estimate of drug-likeness (QED) is 0.588. The molecule has 3 aliphatic carbocycles. The van der Waals surface area contributed by atoms with E-state index in [0.717, 1.165) is 73.2 Å². The fourth-order valence-electron chi connectivity index (χ4n) is 4.58. The Bertz CT molecular complexity index is 1300. The van der Waals surface area contributed by atoms with E-state index in [0.29, 0.717) is 17.1 Å². The number of amides is 1. The molecule has 4 nitrogen and oxygen atoms in total. The van der Waals surface area contributed by atoms with Crippen LogP contribution < -0.4 is 5.32 Å². The minimum absolute atomic E-state index is 0.0934. The summed E-state index contributed by atoms with van der Waals surface area (Å²) in [6.07, 6.45) is 20.0. The minimum Gasteiger partial charge on any atom is -0.309 e. The summed E-state index contributed by atoms with van der Waals surface area (Å²) in [5, 5.41) is 2.89. The van der Waals surface area contributed by atoms with Crippen molar-refractivity contribution in [3.63, 3.8) is 0 Å². The van der Waals surface area contributed by atoms with Gasteiger partial charge < -0.3 is 5.32 Å². The highest BCUT2D eigenvalue weighted by Gasteiger charge is 2.25. The van der Waals surface area contributed by atoms with Gasteiger partial charge in [-0.1, -0.05) is 54.2 Å². The molecule has 1 heterocycles. The van der Waals surface area contributed by atoms with E-state index in [4.69, 9.17) is 9.97 Å². The van der Waals surface area contributed by atoms with Crippen molar-refractivity contribution in [1.82, 2.24) is 9.97 Å². The van der Waals surface area contributed by atoms with Crippen molar-refractivity contribution in [2.45, 2.75) is 44.9 Å². The van der Waals surface area contributed by atoms with E-state index in [1.165, 1.54) is 11.6 Å². The Kier molecular flexibility index (Phi) is 6.30. The van der Waals surface area contributed by atoms with Crippen LogP contribution in [0.4, 0.5) is 14.6 Å². The zero-order chi connectivity index (χ0) is 23.5. The molecule has 0 saturated carbocycles. The molecule has 34 heavy (non-hydrogen) atoms. The van der Waals surface area contributed by atoms with Gasteiger partial charge in [0.25, 0.3) is 0 Å². The highest BCUT2D eigenvalue weighted by Crippen LogP contribution is 2.37. The Balaban J connectivity index is 1.52. The third kappa shape index (κ3) is 4.67. The van der Waals surface area contributed by atoms with Crippen LogP contribution in [0.5, 0.6) is 0 Å². The average Bonchev–Trinajstić information content (AvgIpc) is 3.24. The molecule has 0 fully saturated rings. The monoisotopic (exact) mass is 457 g/mol. The van der Waals surface area contributed by atoms with Crippen LogP contribution in [0.15, 0.2) is 66.3 Å². The Hall–Kier alpha value is -3.67. The summed E-state index contributed by atoms with van der Waals surface area (Å²) in [7, 11) is 0. The zero-order valence-corrected chi connectivity index (χ0v) is 18.8. The second-order valence-corrected chi connectivity index (χ2v) is 8.68. The van der Waals surface area contributed by atoms with E-state index in [2.05, 4.69) is 23.5 Å². The number of fused-ring (bicyclic) bond motifs is 2. The Morgan fingerprint density at radius 2 is 1.88 bits per heavy atom. The van der Waals surface area contributed by atoms with Crippen LogP contribution >= 0.6 is 0 Å². The Morgan fingerprint density at radius 3 is 2.76 bits per heavy atom. The topological polar surface area (TPSA) is 54.9 Å². The second kappa shape index (κ2) is 9.67. The van der Waals surface area contributed by atoms with Crippen molar-refractivity contribution in [2.24, 2.45) is 0 Å². The molecule has 0 radical (unpaired) electrons. The van der Waals surface area contributed by atoms with Crippen molar-refractivity contribution in [3.05, 3.63) is 101 Å². The van der Waals surface area contributed by atoms with Crippen molar-refractivity contribution >= 4 is 22.9 Å². The van der Waals surface area contributed by atoms with E-state index >= 15 is 0 Å². The average molecular weight is 458 g/mol. The summed E-state index contributed by atoms with van der Waals surface area (Å²) in [6, 6.07) is 3.48. The summed E-state index contributed by atoms with van der Waals surface area (Å²) in [5.74, 6) is -1.87. The lowest BCUT2D eigenvalue weighted by Gasteiger charge is -2.22. The molecule has 0 saturated heterocycles. The third-order valence-electron chi connectivity index (χ3n) is 6.28. The predicted octanol–water partition coefficient (Wildman–Crippen LogP) is 6.28. The van der Waals surface area contributed by atoms with Gasteiger partial charge in [-0.2, -0.15) is 0 Å². The zero-order valence-electron chi connectivity index (χ0n) is 18.8. The maximum Gasteiger partial charge on any atom is 0.230 e. The number of anilines is 1. The number of nitrogens with one attached hydrogen (secondary N) is 1. The summed E-state index contributed by atoms with van der Waals surface area (Å²) >= 11 is 0. The van der Waals surface area contributed by atoms with Crippen molar-refractivity contribution in [1.29, 1.82) is 0 Å². The summed E-state index contributed by atoms with van der Waals surface area (Å²) in [6.45, 7) is 0. The number of hydrogen-bond donors (Lipinski definition) is 1. The number of hydrogen-bond acceptors (Lipinski definition) is 3. The molecule has 1 aromatic carbocycles. The van der Waals surface area contributed by atoms with Crippen LogP contribution in [0.2, 0.25) is 0 Å². The summed E-state index contributed by atoms with van der Waals surface area (Å²) < 4.78 is 26.9. The molecule has 2 aromatic rings. The van der Waals surface area contributed by atoms with Crippen LogP contribution in [-0.2, 0) is 17.6 Å². The van der Waals surface area contributed by atoms with E-state index < -0.39 is 11.6 Å². The van der Waals surface area contributed by atoms with Crippen LogP contribution in [0.25, 0.3) is 11.1 Å². The van der Waals surface area contributed by atoms with Crippen LogP contribution in [-0.4, -0.2) is 15.9 Å². The van der Waals surface area contributed by atoms with E-state index in [1.54, 1.807) is 0 Å². The number of allylic oxidation sites excluding steroid dienone is 10. The van der Waals surface area contributed by atoms with Crippen molar-refractivity contribution < 1.29 is 13.6 Å². The first kappa shape index (κ1) is 22.1. The summed E-state index contributed by atoms with van der Waals surface area (Å²) in [5.41, 5.74) is 6.22. The number of nitrogens with zero attached hydrogens (tertiary/aromatic N) is 2. The number of carbonyl (C=O) groups is 1. The highest BCUT2D eigenvalue weighted by atomic mass is 19.2. The highest BCUT2D eigenvalue weighted by molar-refractivity contribution is 5.95. The van der Waals surface area contributed by atoms with Gasteiger partial charge in [-0.15, -0.1) is 0 Å². The van der Waals surface area contributed by atoms with E-state index in [-0.39, 0.29) is 12.3 Å². The molecule has 1 N–H and O–H groups in total. The SMILES string of the molecule is O=C(Cc1ccc(F)c(F)c1)Nc1nc2c(nc1C1=CCC=CC=C1)C1=C(CCCC=C1)CC2. The molecule has 0 aliphatic heterocycles. The van der Waals surface area contributed by atoms with Crippen molar-refractivity contribution in [3.8, 4) is 0 Å². The lowest BCUT2D eigenvalue weighted by atomic mass is 9.89. The molecule has 172 valence electrons. The van der Waals surface area contributed by atoms with Gasteiger partial charge >= 0.3 is 0 Å². The first-order valence-electron chi connectivity index (χ1n) is 11.7. The van der Waals surface area contributed by atoms with Gasteiger partial charge in [0.05, 0.1) is 17.8 Å². The van der Waals surface area contributed by atoms with Gasteiger partial charge in [0, 0.05) is 11.1 Å². The maximum atomic E-state index is 13.6. The number of halogens is 2. The summed E-state index contributed by atoms with van der Waals surface area (Å²) in [4.78, 5) is 22.8. The van der Waals surface area contributed by atoms with Crippen LogP contribution in [0, 0.1) is 11.6 Å². The Morgan fingerprint density at radius 1 is 0.971 bits per heavy atom. The molecular formula is C28H25F2N3O. The first-order chi connectivity index (χ1) is 16.6. The van der Waals surface area contributed by atoms with E-state index in [9.17, 15) is 13.6 Å². The lowest BCUT2D eigenvalue weighted by molar-refractivity contribution is -0.115. The standard InChI is InChI=1S/C28H25F2N3O/c29-22-14-12-18(16-23(22)30)17-25(34)32-28-26(20-9-4-1-2-5-10-20)33-27-21-11-7-3-6-8-19(21)13-15-24(27)31-28/h1-2,4,7,9-12,14,16H,3,5-6,8,13,15,17H2,(H,31,32,34). The van der Waals surface area contributed by atoms with Gasteiger partial charge in [-0.25, -0.2) is 18.7 Å². The maximum absolute atomic E-state index is 13.6. The first-order valence-corrected chi connectivity index (χ1v) is 11.7. The molecule has 1 aromatic heterocycles. The number of aromatic nitrogens is 2. The second-order valence-electron chi connectivity index (χ2n) is 8.68. The van der Waals surface area contributed by atoms with Crippen molar-refractivity contribution in [2.75, 3.05) is 5.32 Å². The van der Waals surface area contributed by atoms with Crippen LogP contribution in [0.1, 0.15) is 54.7 Å². The predicted molar refractivity (Wildman–Crippen MR) is 130 cm³/mol. The van der Waals surface area contributed by atoms with Crippen LogP contribution in [0.3, 0.4) is 0 Å². The number of carbonyl (C=O) groups excluding carboxylic acids is 1. The number of aryl methyl sites for hydroxylation is 1. The van der Waals surface area contributed by atoms with Gasteiger partial charge in [0.15, 0.2) is 17.5 Å².